The monoisotopic (exact) mass is 202 g/mol. The second-order valence-corrected chi connectivity index (χ2v) is 3.47. The van der Waals surface area contributed by atoms with E-state index in [-0.39, 0.29) is 5.82 Å². The van der Waals surface area contributed by atoms with Crippen molar-refractivity contribution in [1.29, 1.82) is 0 Å². The van der Waals surface area contributed by atoms with E-state index in [0.717, 1.165) is 11.1 Å². The van der Waals surface area contributed by atoms with E-state index >= 15 is 0 Å². The van der Waals surface area contributed by atoms with Crippen molar-refractivity contribution in [3.8, 4) is 11.3 Å². The van der Waals surface area contributed by atoms with Gasteiger partial charge in [-0.1, -0.05) is 23.8 Å². The molecule has 0 aliphatic carbocycles. The van der Waals surface area contributed by atoms with Crippen LogP contribution in [0.25, 0.3) is 11.3 Å². The van der Waals surface area contributed by atoms with E-state index in [1.807, 2.05) is 31.2 Å². The molecule has 3 heteroatoms. The van der Waals surface area contributed by atoms with Crippen LogP contribution >= 0.6 is 0 Å². The van der Waals surface area contributed by atoms with E-state index in [2.05, 4.69) is 4.98 Å². The molecule has 0 amide bonds. The third-order valence-corrected chi connectivity index (χ3v) is 2.15. The topological polar surface area (TPSA) is 38.9 Å². The van der Waals surface area contributed by atoms with Crippen LogP contribution in [0, 0.1) is 12.7 Å². The third-order valence-electron chi connectivity index (χ3n) is 2.15. The fourth-order valence-electron chi connectivity index (χ4n) is 1.46. The van der Waals surface area contributed by atoms with Crippen LogP contribution in [0.1, 0.15) is 5.56 Å². The lowest BCUT2D eigenvalue weighted by Gasteiger charge is -2.03. The summed E-state index contributed by atoms with van der Waals surface area (Å²) in [5.74, 6) is -0.388. The Hall–Kier alpha value is -1.90. The molecule has 0 spiro atoms. The van der Waals surface area contributed by atoms with E-state index < -0.39 is 0 Å². The van der Waals surface area contributed by atoms with E-state index in [1.54, 1.807) is 0 Å². The molecule has 0 saturated carbocycles. The minimum atomic E-state index is -0.388. The second kappa shape index (κ2) is 3.69. The van der Waals surface area contributed by atoms with Gasteiger partial charge >= 0.3 is 0 Å². The average molecular weight is 202 g/mol. The van der Waals surface area contributed by atoms with Crippen LogP contribution in [0.4, 0.5) is 10.1 Å². The summed E-state index contributed by atoms with van der Waals surface area (Å²) in [6, 6.07) is 8.84. The van der Waals surface area contributed by atoms with Gasteiger partial charge in [0.1, 0.15) is 5.69 Å². The SMILES string of the molecule is Cc1cccc(-c2ncc(N)cc2F)c1. The molecule has 15 heavy (non-hydrogen) atoms. The first kappa shape index (κ1) is 9.65. The molecule has 0 aliphatic heterocycles. The van der Waals surface area contributed by atoms with Crippen molar-refractivity contribution in [3.05, 3.63) is 47.9 Å². The number of hydrogen-bond acceptors (Lipinski definition) is 2. The molecule has 2 nitrogen and oxygen atoms in total. The smallest absolute Gasteiger partial charge is 0.151 e. The summed E-state index contributed by atoms with van der Waals surface area (Å²) in [5.41, 5.74) is 7.96. The number of aryl methyl sites for hydroxylation is 1. The number of nitrogens with two attached hydrogens (primary N) is 1. The predicted octanol–water partition coefficient (Wildman–Crippen LogP) is 2.78. The van der Waals surface area contributed by atoms with Gasteiger partial charge in [-0.25, -0.2) is 4.39 Å². The molecule has 0 saturated heterocycles. The molecule has 1 heterocycles. The van der Waals surface area contributed by atoms with Gasteiger partial charge in [0.25, 0.3) is 0 Å². The summed E-state index contributed by atoms with van der Waals surface area (Å²) in [7, 11) is 0. The zero-order valence-corrected chi connectivity index (χ0v) is 8.37. The van der Waals surface area contributed by atoms with Crippen LogP contribution in [-0.2, 0) is 0 Å². The number of halogens is 1. The second-order valence-electron chi connectivity index (χ2n) is 3.47. The van der Waals surface area contributed by atoms with Crippen LogP contribution in [0.5, 0.6) is 0 Å². The fraction of sp³-hybridized carbons (Fsp3) is 0.0833. The molecular formula is C12H11FN2. The number of anilines is 1. The number of benzene rings is 1. The highest BCUT2D eigenvalue weighted by Crippen LogP contribution is 2.22. The van der Waals surface area contributed by atoms with Crippen molar-refractivity contribution in [2.24, 2.45) is 0 Å². The molecule has 0 radical (unpaired) electrons. The summed E-state index contributed by atoms with van der Waals surface area (Å²) < 4.78 is 13.5. The summed E-state index contributed by atoms with van der Waals surface area (Å²) in [5, 5.41) is 0. The molecule has 1 aromatic heterocycles. The Balaban J connectivity index is 2.54. The van der Waals surface area contributed by atoms with E-state index in [1.165, 1.54) is 12.3 Å². The summed E-state index contributed by atoms with van der Waals surface area (Å²) in [4.78, 5) is 3.99. The maximum atomic E-state index is 13.5. The van der Waals surface area contributed by atoms with Crippen LogP contribution in [0.15, 0.2) is 36.5 Å². The van der Waals surface area contributed by atoms with Gasteiger partial charge in [0, 0.05) is 11.6 Å². The first-order valence-corrected chi connectivity index (χ1v) is 4.65. The molecule has 0 atom stereocenters. The number of hydrogen-bond donors (Lipinski definition) is 1. The first-order valence-electron chi connectivity index (χ1n) is 4.65. The lowest BCUT2D eigenvalue weighted by atomic mass is 10.1. The molecule has 1 aromatic carbocycles. The quantitative estimate of drug-likeness (QED) is 0.772. The summed E-state index contributed by atoms with van der Waals surface area (Å²) in [6.07, 6.45) is 1.46. The van der Waals surface area contributed by atoms with Gasteiger partial charge in [-0.05, 0) is 13.0 Å². The lowest BCUT2D eigenvalue weighted by Crippen LogP contribution is -1.93. The number of aromatic nitrogens is 1. The first-order chi connectivity index (χ1) is 7.16. The number of nitrogen functional groups attached to an aromatic ring is 1. The molecule has 0 unspecified atom stereocenters. The normalized spacial score (nSPS) is 10.3. The Morgan fingerprint density at radius 2 is 2.07 bits per heavy atom. The molecule has 2 aromatic rings. The highest BCUT2D eigenvalue weighted by molar-refractivity contribution is 5.62. The Bertz CT molecular complexity index is 495. The number of pyridine rings is 1. The van der Waals surface area contributed by atoms with Crippen LogP contribution < -0.4 is 5.73 Å². The highest BCUT2D eigenvalue weighted by Gasteiger charge is 2.06. The van der Waals surface area contributed by atoms with E-state index in [9.17, 15) is 4.39 Å². The van der Waals surface area contributed by atoms with Gasteiger partial charge in [-0.3, -0.25) is 4.98 Å². The lowest BCUT2D eigenvalue weighted by molar-refractivity contribution is 0.626. The molecule has 2 rings (SSSR count). The van der Waals surface area contributed by atoms with Crippen molar-refractivity contribution in [2.75, 3.05) is 5.73 Å². The third kappa shape index (κ3) is 1.96. The molecule has 0 aliphatic rings. The summed E-state index contributed by atoms with van der Waals surface area (Å²) in [6.45, 7) is 1.96. The maximum Gasteiger partial charge on any atom is 0.151 e. The zero-order chi connectivity index (χ0) is 10.8. The van der Waals surface area contributed by atoms with Crippen molar-refractivity contribution < 1.29 is 4.39 Å². The largest absolute Gasteiger partial charge is 0.397 e. The van der Waals surface area contributed by atoms with Crippen molar-refractivity contribution in [2.45, 2.75) is 6.92 Å². The van der Waals surface area contributed by atoms with E-state index in [0.29, 0.717) is 11.4 Å². The Morgan fingerprint density at radius 3 is 2.73 bits per heavy atom. The Labute approximate surface area is 87.6 Å². The molecule has 0 fully saturated rings. The van der Waals surface area contributed by atoms with Gasteiger partial charge in [-0.15, -0.1) is 0 Å². The fourth-order valence-corrected chi connectivity index (χ4v) is 1.46. The standard InChI is InChI=1S/C12H11FN2/c1-8-3-2-4-9(5-8)12-11(13)6-10(14)7-15-12/h2-7H,14H2,1H3. The van der Waals surface area contributed by atoms with Crippen LogP contribution in [0.3, 0.4) is 0 Å². The minimum Gasteiger partial charge on any atom is -0.397 e. The Kier molecular flexibility index (Phi) is 2.37. The summed E-state index contributed by atoms with van der Waals surface area (Å²) >= 11 is 0. The van der Waals surface area contributed by atoms with Crippen LogP contribution in [0.2, 0.25) is 0 Å². The number of nitrogens with zero attached hydrogens (tertiary/aromatic N) is 1. The minimum absolute atomic E-state index is 0.337. The van der Waals surface area contributed by atoms with Gasteiger partial charge in [0.05, 0.1) is 11.9 Å². The van der Waals surface area contributed by atoms with E-state index in [4.69, 9.17) is 5.73 Å². The maximum absolute atomic E-state index is 13.5. The molecular weight excluding hydrogens is 191 g/mol. The average Bonchev–Trinajstić information content (AvgIpc) is 2.17. The van der Waals surface area contributed by atoms with Gasteiger partial charge < -0.3 is 5.73 Å². The Morgan fingerprint density at radius 1 is 1.27 bits per heavy atom. The van der Waals surface area contributed by atoms with Crippen LogP contribution in [-0.4, -0.2) is 4.98 Å². The van der Waals surface area contributed by atoms with Gasteiger partial charge in [-0.2, -0.15) is 0 Å². The molecule has 2 N–H and O–H groups in total. The van der Waals surface area contributed by atoms with Gasteiger partial charge in [0.2, 0.25) is 0 Å². The predicted molar refractivity (Wildman–Crippen MR) is 58.8 cm³/mol. The molecule has 76 valence electrons. The van der Waals surface area contributed by atoms with Crippen molar-refractivity contribution in [3.63, 3.8) is 0 Å². The highest BCUT2D eigenvalue weighted by atomic mass is 19.1. The van der Waals surface area contributed by atoms with Gasteiger partial charge in [0.15, 0.2) is 5.82 Å². The zero-order valence-electron chi connectivity index (χ0n) is 8.37. The van der Waals surface area contributed by atoms with Crippen molar-refractivity contribution >= 4 is 5.69 Å². The van der Waals surface area contributed by atoms with Crippen molar-refractivity contribution in [1.82, 2.24) is 4.98 Å². The molecule has 0 bridgehead atoms. The number of rotatable bonds is 1.